The minimum Gasteiger partial charge on any atom is -0.492 e. The Kier molecular flexibility index (Phi) is 10.2. The first-order valence-electron chi connectivity index (χ1n) is 9.35. The quantitative estimate of drug-likeness (QED) is 0.398. The Morgan fingerprint density at radius 1 is 1.20 bits per heavy atom. The molecule has 0 aliphatic rings. The molecule has 0 atom stereocenters. The maximum absolute atomic E-state index is 11.1. The lowest BCUT2D eigenvalue weighted by Crippen LogP contribution is -2.11. The maximum Gasteiger partial charge on any atom is 0.261 e. The van der Waals surface area contributed by atoms with E-state index < -0.39 is 16.0 Å². The predicted molar refractivity (Wildman–Crippen MR) is 114 cm³/mol. The monoisotopic (exact) mass is 439 g/mol. The van der Waals surface area contributed by atoms with Gasteiger partial charge in [0.25, 0.3) is 10.1 Å². The molecular formula is C20H29N3O6S. The van der Waals surface area contributed by atoms with E-state index in [0.29, 0.717) is 35.7 Å². The van der Waals surface area contributed by atoms with E-state index in [1.54, 1.807) is 19.2 Å². The van der Waals surface area contributed by atoms with E-state index in [1.165, 1.54) is 24.6 Å². The summed E-state index contributed by atoms with van der Waals surface area (Å²) in [6, 6.07) is 7.05. The van der Waals surface area contributed by atoms with Crippen LogP contribution in [0.4, 0.5) is 0 Å². The van der Waals surface area contributed by atoms with Gasteiger partial charge in [-0.1, -0.05) is 25.8 Å². The summed E-state index contributed by atoms with van der Waals surface area (Å²) in [5.74, 6) is 0.988. The summed E-state index contributed by atoms with van der Waals surface area (Å²) in [4.78, 5) is 15.2. The molecule has 0 fully saturated rings. The van der Waals surface area contributed by atoms with Crippen molar-refractivity contribution < 1.29 is 27.2 Å². The molecule has 2 rings (SSSR count). The average molecular weight is 440 g/mol. The summed E-state index contributed by atoms with van der Waals surface area (Å²) in [7, 11) is -2.07. The van der Waals surface area contributed by atoms with Gasteiger partial charge in [0.2, 0.25) is 11.8 Å². The fraction of sp³-hybridized carbons (Fsp3) is 0.400. The number of hydrogen-bond donors (Lipinski definition) is 3. The van der Waals surface area contributed by atoms with Crippen molar-refractivity contribution in [1.82, 2.24) is 4.98 Å². The third-order valence-electron chi connectivity index (χ3n) is 4.01. The predicted octanol–water partition coefficient (Wildman–Crippen LogP) is 2.68. The highest BCUT2D eigenvalue weighted by molar-refractivity contribution is 7.85. The number of aromatic nitrogens is 1. The fourth-order valence-electron chi connectivity index (χ4n) is 2.67. The number of methoxy groups -OCH3 is 1. The van der Waals surface area contributed by atoms with Gasteiger partial charge in [0.05, 0.1) is 18.9 Å². The lowest BCUT2D eigenvalue weighted by atomic mass is 10.00. The van der Waals surface area contributed by atoms with Crippen LogP contribution < -0.4 is 20.9 Å². The molecule has 0 saturated heterocycles. The van der Waals surface area contributed by atoms with Gasteiger partial charge in [-0.15, -0.1) is 0 Å². The molecule has 0 saturated carbocycles. The lowest BCUT2D eigenvalue weighted by molar-refractivity contribution is 0.1000. The summed E-state index contributed by atoms with van der Waals surface area (Å²) < 4.78 is 37.2. The fourth-order valence-corrected chi connectivity index (χ4v) is 2.67. The van der Waals surface area contributed by atoms with Crippen LogP contribution in [0.2, 0.25) is 0 Å². The summed E-state index contributed by atoms with van der Waals surface area (Å²) >= 11 is 0. The second-order valence-electron chi connectivity index (χ2n) is 6.48. The SMILES string of the molecule is CCCCCc1ccc(Oc2ccc(C(N)=O)cn2)c(OC)c1CN.CS(=O)(=O)O. The minimum absolute atomic E-state index is 0.327. The maximum atomic E-state index is 11.1. The van der Waals surface area contributed by atoms with Gasteiger partial charge in [-0.05, 0) is 30.5 Å². The molecule has 9 nitrogen and oxygen atoms in total. The second kappa shape index (κ2) is 12.1. The minimum atomic E-state index is -3.67. The van der Waals surface area contributed by atoms with E-state index in [1.807, 2.05) is 12.1 Å². The first kappa shape index (κ1) is 25.3. The van der Waals surface area contributed by atoms with Crippen molar-refractivity contribution >= 4 is 16.0 Å². The Balaban J connectivity index is 0.000000804. The van der Waals surface area contributed by atoms with Crippen LogP contribution in [0.5, 0.6) is 17.4 Å². The highest BCUT2D eigenvalue weighted by atomic mass is 32.2. The molecule has 1 heterocycles. The highest BCUT2D eigenvalue weighted by Crippen LogP contribution is 2.36. The molecule has 0 aliphatic carbocycles. The van der Waals surface area contributed by atoms with Crippen molar-refractivity contribution in [3.8, 4) is 17.4 Å². The van der Waals surface area contributed by atoms with Crippen LogP contribution in [0.15, 0.2) is 30.5 Å². The number of nitrogens with two attached hydrogens (primary N) is 2. The van der Waals surface area contributed by atoms with Gasteiger partial charge in [-0.2, -0.15) is 8.42 Å². The summed E-state index contributed by atoms with van der Waals surface area (Å²) in [6.45, 7) is 2.55. The van der Waals surface area contributed by atoms with Crippen LogP contribution in [-0.2, 0) is 23.1 Å². The van der Waals surface area contributed by atoms with Crippen molar-refractivity contribution in [2.75, 3.05) is 13.4 Å². The van der Waals surface area contributed by atoms with E-state index in [2.05, 4.69) is 11.9 Å². The zero-order valence-corrected chi connectivity index (χ0v) is 18.2. The van der Waals surface area contributed by atoms with Gasteiger partial charge < -0.3 is 20.9 Å². The van der Waals surface area contributed by atoms with Crippen molar-refractivity contribution in [2.24, 2.45) is 11.5 Å². The molecule has 0 spiro atoms. The number of benzene rings is 1. The number of rotatable bonds is 9. The van der Waals surface area contributed by atoms with E-state index in [-0.39, 0.29) is 0 Å². The Hall–Kier alpha value is -2.69. The molecule has 5 N–H and O–H groups in total. The number of aryl methyl sites for hydroxylation is 1. The third kappa shape index (κ3) is 8.76. The lowest BCUT2D eigenvalue weighted by Gasteiger charge is -2.17. The molecule has 1 aromatic heterocycles. The number of ether oxygens (including phenoxy) is 2. The molecule has 0 unspecified atom stereocenters. The van der Waals surface area contributed by atoms with Gasteiger partial charge in [0.1, 0.15) is 0 Å². The number of hydrogen-bond acceptors (Lipinski definition) is 7. The molecule has 1 aromatic carbocycles. The van der Waals surface area contributed by atoms with Crippen LogP contribution in [0, 0.1) is 0 Å². The van der Waals surface area contributed by atoms with Gasteiger partial charge in [-0.25, -0.2) is 4.98 Å². The number of pyridine rings is 1. The number of carbonyl (C=O) groups excluding carboxylic acids is 1. The van der Waals surface area contributed by atoms with E-state index in [4.69, 9.17) is 25.5 Å². The van der Waals surface area contributed by atoms with Crippen molar-refractivity contribution in [3.05, 3.63) is 47.2 Å². The van der Waals surface area contributed by atoms with Gasteiger partial charge in [0.15, 0.2) is 11.5 Å². The van der Waals surface area contributed by atoms with Crippen molar-refractivity contribution in [3.63, 3.8) is 0 Å². The first-order chi connectivity index (χ1) is 14.1. The topological polar surface area (TPSA) is 155 Å². The first-order valence-corrected chi connectivity index (χ1v) is 11.2. The molecule has 166 valence electrons. The van der Waals surface area contributed by atoms with Gasteiger partial charge >= 0.3 is 0 Å². The van der Waals surface area contributed by atoms with Crippen LogP contribution in [0.25, 0.3) is 0 Å². The van der Waals surface area contributed by atoms with Crippen LogP contribution in [-0.4, -0.2) is 37.2 Å². The molecule has 10 heteroatoms. The molecule has 30 heavy (non-hydrogen) atoms. The zero-order chi connectivity index (χ0) is 22.7. The Morgan fingerprint density at radius 2 is 1.87 bits per heavy atom. The molecule has 1 amide bonds. The Morgan fingerprint density at radius 3 is 2.33 bits per heavy atom. The van der Waals surface area contributed by atoms with Crippen molar-refractivity contribution in [2.45, 2.75) is 39.2 Å². The number of amides is 1. The number of unbranched alkanes of at least 4 members (excludes halogenated alkanes) is 2. The average Bonchev–Trinajstić information content (AvgIpc) is 2.67. The smallest absolute Gasteiger partial charge is 0.261 e. The van der Waals surface area contributed by atoms with Crippen LogP contribution in [0.3, 0.4) is 0 Å². The standard InChI is InChI=1S/C19H25N3O3.CH4O3S/c1-3-4-5-6-13-7-9-16(18(24-2)15(13)11-20)25-17-10-8-14(12-22-17)19(21)23;1-5(2,3)4/h7-10,12H,3-6,11,20H2,1-2H3,(H2,21,23);1H3,(H,2,3,4). The summed E-state index contributed by atoms with van der Waals surface area (Å²) in [6.07, 6.45) is 6.52. The van der Waals surface area contributed by atoms with Crippen molar-refractivity contribution in [1.29, 1.82) is 0 Å². The van der Waals surface area contributed by atoms with E-state index >= 15 is 0 Å². The Labute approximate surface area is 177 Å². The largest absolute Gasteiger partial charge is 0.492 e. The van der Waals surface area contributed by atoms with Crippen LogP contribution in [0.1, 0.15) is 47.7 Å². The Bertz CT molecular complexity index is 922. The summed E-state index contributed by atoms with van der Waals surface area (Å²) in [5.41, 5.74) is 13.6. The zero-order valence-electron chi connectivity index (χ0n) is 17.4. The normalized spacial score (nSPS) is 10.7. The molecule has 0 bridgehead atoms. The summed E-state index contributed by atoms with van der Waals surface area (Å²) in [5, 5.41) is 0. The van der Waals surface area contributed by atoms with E-state index in [9.17, 15) is 13.2 Å². The highest BCUT2D eigenvalue weighted by Gasteiger charge is 2.15. The number of nitrogens with zero attached hydrogens (tertiary/aromatic N) is 1. The van der Waals surface area contributed by atoms with Crippen LogP contribution >= 0.6 is 0 Å². The molecule has 2 aromatic rings. The molecular weight excluding hydrogens is 410 g/mol. The number of carbonyl (C=O) groups is 1. The number of primary amides is 1. The molecule has 0 aliphatic heterocycles. The van der Waals surface area contributed by atoms with E-state index in [0.717, 1.165) is 18.4 Å². The molecule has 0 radical (unpaired) electrons. The second-order valence-corrected chi connectivity index (χ2v) is 7.95. The van der Waals surface area contributed by atoms with Gasteiger partial charge in [-0.3, -0.25) is 9.35 Å². The third-order valence-corrected chi connectivity index (χ3v) is 4.01. The van der Waals surface area contributed by atoms with Gasteiger partial charge in [0, 0.05) is 24.4 Å².